The van der Waals surface area contributed by atoms with E-state index in [-0.39, 0.29) is 31.4 Å². The first-order valence-corrected chi connectivity index (χ1v) is 6.44. The van der Waals surface area contributed by atoms with Gasteiger partial charge in [-0.15, -0.1) is 12.4 Å². The summed E-state index contributed by atoms with van der Waals surface area (Å²) in [5.41, 5.74) is 6.41. The Hall–Kier alpha value is -1.82. The van der Waals surface area contributed by atoms with E-state index in [4.69, 9.17) is 10.2 Å². The quantitative estimate of drug-likeness (QED) is 0.851. The van der Waals surface area contributed by atoms with Gasteiger partial charge in [0, 0.05) is 6.54 Å². The van der Waals surface area contributed by atoms with Crippen LogP contribution in [0, 0.1) is 0 Å². The Balaban J connectivity index is 0.00000220. The molecule has 1 atom stereocenters. The average Bonchev–Trinajstić information content (AvgIpc) is 3.01. The fourth-order valence-electron chi connectivity index (χ4n) is 1.97. The molecule has 6 heteroatoms. The number of nitrogens with zero attached hydrogens (tertiary/aromatic N) is 1. The maximum Gasteiger partial charge on any atom is 0.236 e. The van der Waals surface area contributed by atoms with Crippen LogP contribution in [0.1, 0.15) is 17.4 Å². The molecule has 0 aliphatic rings. The molecule has 0 bridgehead atoms. The Kier molecular flexibility index (Phi) is 6.94. The molecule has 0 spiro atoms. The van der Waals surface area contributed by atoms with Crippen LogP contribution in [-0.4, -0.2) is 29.0 Å². The highest BCUT2D eigenvalue weighted by molar-refractivity contribution is 5.85. The van der Waals surface area contributed by atoms with Crippen molar-refractivity contribution in [3.8, 4) is 0 Å². The number of carbonyl (C=O) groups excluding carboxylic acids is 1. The van der Waals surface area contributed by atoms with E-state index in [0.717, 1.165) is 5.56 Å². The highest BCUT2D eigenvalue weighted by Crippen LogP contribution is 2.16. The molecule has 1 aromatic heterocycles. The minimum Gasteiger partial charge on any atom is -0.467 e. The van der Waals surface area contributed by atoms with Crippen LogP contribution >= 0.6 is 12.4 Å². The van der Waals surface area contributed by atoms with Gasteiger partial charge in [-0.2, -0.15) is 0 Å². The van der Waals surface area contributed by atoms with Crippen molar-refractivity contribution in [3.63, 3.8) is 0 Å². The van der Waals surface area contributed by atoms with Crippen molar-refractivity contribution >= 4 is 18.3 Å². The predicted molar refractivity (Wildman–Crippen MR) is 81.8 cm³/mol. The first-order valence-electron chi connectivity index (χ1n) is 6.44. The molecule has 5 nitrogen and oxygen atoms in total. The number of halogens is 1. The van der Waals surface area contributed by atoms with E-state index < -0.39 is 6.10 Å². The second-order valence-electron chi connectivity index (χ2n) is 4.50. The number of hydrogen-bond donors (Lipinski definition) is 2. The van der Waals surface area contributed by atoms with E-state index in [9.17, 15) is 9.90 Å². The smallest absolute Gasteiger partial charge is 0.236 e. The van der Waals surface area contributed by atoms with Crippen molar-refractivity contribution in [1.82, 2.24) is 4.90 Å². The molecule has 0 fully saturated rings. The number of aliphatic hydroxyl groups excluding tert-OH is 1. The summed E-state index contributed by atoms with van der Waals surface area (Å²) in [7, 11) is 0. The summed E-state index contributed by atoms with van der Waals surface area (Å²) >= 11 is 0. The number of amides is 1. The first kappa shape index (κ1) is 17.2. The molecular formula is C15H19ClN2O3. The van der Waals surface area contributed by atoms with Crippen LogP contribution in [0.5, 0.6) is 0 Å². The van der Waals surface area contributed by atoms with Crippen LogP contribution < -0.4 is 5.73 Å². The zero-order valence-corrected chi connectivity index (χ0v) is 12.3. The van der Waals surface area contributed by atoms with Crippen molar-refractivity contribution in [2.24, 2.45) is 5.73 Å². The number of nitrogens with two attached hydrogens (primary N) is 1. The molecule has 1 heterocycles. The number of hydrogen-bond acceptors (Lipinski definition) is 4. The fourth-order valence-corrected chi connectivity index (χ4v) is 1.97. The largest absolute Gasteiger partial charge is 0.467 e. The maximum absolute atomic E-state index is 11.9. The van der Waals surface area contributed by atoms with Crippen LogP contribution in [-0.2, 0) is 11.3 Å². The minimum atomic E-state index is -0.857. The number of carbonyl (C=O) groups is 1. The number of rotatable bonds is 6. The summed E-state index contributed by atoms with van der Waals surface area (Å²) in [6, 6.07) is 13.0. The topological polar surface area (TPSA) is 79.7 Å². The average molecular weight is 311 g/mol. The monoisotopic (exact) mass is 310 g/mol. The highest BCUT2D eigenvalue weighted by atomic mass is 35.5. The third-order valence-electron chi connectivity index (χ3n) is 3.01. The third kappa shape index (κ3) is 4.90. The lowest BCUT2D eigenvalue weighted by Crippen LogP contribution is -2.38. The molecule has 0 radical (unpaired) electrons. The normalized spacial score (nSPS) is 11.5. The number of benzene rings is 1. The van der Waals surface area contributed by atoms with Gasteiger partial charge in [0.05, 0.1) is 19.4 Å². The van der Waals surface area contributed by atoms with Gasteiger partial charge < -0.3 is 20.2 Å². The van der Waals surface area contributed by atoms with E-state index >= 15 is 0 Å². The Morgan fingerprint density at radius 3 is 2.52 bits per heavy atom. The lowest BCUT2D eigenvalue weighted by molar-refractivity contribution is -0.132. The van der Waals surface area contributed by atoms with E-state index in [2.05, 4.69) is 0 Å². The molecule has 114 valence electrons. The van der Waals surface area contributed by atoms with Gasteiger partial charge in [-0.05, 0) is 17.7 Å². The number of furan rings is 1. The van der Waals surface area contributed by atoms with Gasteiger partial charge in [0.1, 0.15) is 11.9 Å². The summed E-state index contributed by atoms with van der Waals surface area (Å²) in [5, 5.41) is 10.1. The van der Waals surface area contributed by atoms with Crippen molar-refractivity contribution in [2.45, 2.75) is 12.6 Å². The van der Waals surface area contributed by atoms with E-state index in [1.165, 1.54) is 11.2 Å². The Morgan fingerprint density at radius 2 is 1.95 bits per heavy atom. The van der Waals surface area contributed by atoms with Crippen LogP contribution in [0.25, 0.3) is 0 Å². The first-order chi connectivity index (χ1) is 9.70. The van der Waals surface area contributed by atoms with Gasteiger partial charge in [0.15, 0.2) is 0 Å². The summed E-state index contributed by atoms with van der Waals surface area (Å²) in [4.78, 5) is 13.4. The molecular weight excluding hydrogens is 292 g/mol. The second kappa shape index (κ2) is 8.46. The predicted octanol–water partition coefficient (Wildman–Crippen LogP) is 1.72. The molecule has 3 N–H and O–H groups in total. The van der Waals surface area contributed by atoms with Crippen molar-refractivity contribution < 1.29 is 14.3 Å². The van der Waals surface area contributed by atoms with E-state index in [1.807, 2.05) is 30.3 Å². The molecule has 1 amide bonds. The van der Waals surface area contributed by atoms with Crippen LogP contribution in [0.4, 0.5) is 0 Å². The summed E-state index contributed by atoms with van der Waals surface area (Å²) in [6.07, 6.45) is 0.634. The van der Waals surface area contributed by atoms with E-state index in [0.29, 0.717) is 12.3 Å². The second-order valence-corrected chi connectivity index (χ2v) is 4.50. The Morgan fingerprint density at radius 1 is 1.24 bits per heavy atom. The van der Waals surface area contributed by atoms with Crippen LogP contribution in [0.15, 0.2) is 53.1 Å². The molecule has 1 aromatic carbocycles. The van der Waals surface area contributed by atoms with Crippen LogP contribution in [0.3, 0.4) is 0 Å². The molecule has 0 saturated heterocycles. The summed E-state index contributed by atoms with van der Waals surface area (Å²) in [5.74, 6) is 0.229. The third-order valence-corrected chi connectivity index (χ3v) is 3.01. The van der Waals surface area contributed by atoms with Gasteiger partial charge in [-0.25, -0.2) is 0 Å². The maximum atomic E-state index is 11.9. The summed E-state index contributed by atoms with van der Waals surface area (Å²) in [6.45, 7) is 0.477. The van der Waals surface area contributed by atoms with Gasteiger partial charge >= 0.3 is 0 Å². The van der Waals surface area contributed by atoms with Gasteiger partial charge in [-0.1, -0.05) is 30.3 Å². The molecule has 21 heavy (non-hydrogen) atoms. The lowest BCUT2D eigenvalue weighted by Gasteiger charge is -2.24. The fraction of sp³-hybridized carbons (Fsp3) is 0.267. The van der Waals surface area contributed by atoms with Crippen molar-refractivity contribution in [3.05, 3.63) is 60.1 Å². The Bertz CT molecular complexity index is 531. The van der Waals surface area contributed by atoms with Crippen molar-refractivity contribution in [1.29, 1.82) is 0 Å². The molecule has 0 aliphatic heterocycles. The van der Waals surface area contributed by atoms with Gasteiger partial charge in [0.2, 0.25) is 5.91 Å². The van der Waals surface area contributed by atoms with Gasteiger partial charge in [-0.3, -0.25) is 4.79 Å². The molecule has 0 aliphatic carbocycles. The lowest BCUT2D eigenvalue weighted by atomic mass is 10.2. The number of aliphatic hydroxyl groups is 1. The molecule has 0 saturated carbocycles. The zero-order chi connectivity index (χ0) is 14.4. The standard InChI is InChI=1S/C15H18N2O3.ClH/c16-9-15(19)17(10-12-5-2-1-3-6-12)11-13(18)14-7-4-8-20-14;/h1-8,13,18H,9-11,16H2;1H. The molecule has 2 aromatic rings. The van der Waals surface area contributed by atoms with Gasteiger partial charge in [0.25, 0.3) is 0 Å². The Labute approximate surface area is 129 Å². The summed E-state index contributed by atoms with van der Waals surface area (Å²) < 4.78 is 5.14. The zero-order valence-electron chi connectivity index (χ0n) is 11.5. The van der Waals surface area contributed by atoms with Crippen LogP contribution in [0.2, 0.25) is 0 Å². The van der Waals surface area contributed by atoms with E-state index in [1.54, 1.807) is 12.1 Å². The highest BCUT2D eigenvalue weighted by Gasteiger charge is 2.19. The van der Waals surface area contributed by atoms with Crippen molar-refractivity contribution in [2.75, 3.05) is 13.1 Å². The minimum absolute atomic E-state index is 0. The molecule has 2 rings (SSSR count). The SMILES string of the molecule is Cl.NCC(=O)N(Cc1ccccc1)CC(O)c1ccco1. The molecule has 1 unspecified atom stereocenters.